The van der Waals surface area contributed by atoms with Gasteiger partial charge in [0.2, 0.25) is 0 Å². The molecule has 2 aliphatic rings. The third-order valence-electron chi connectivity index (χ3n) is 5.66. The molecule has 1 saturated heterocycles. The number of nitrogens with zero attached hydrogens (tertiary/aromatic N) is 3. The van der Waals surface area contributed by atoms with Gasteiger partial charge in [0.05, 0.1) is 12.1 Å². The van der Waals surface area contributed by atoms with Crippen LogP contribution < -0.4 is 5.32 Å². The molecular weight excluding hydrogens is 461 g/mol. The Balaban J connectivity index is 1.84. The zero-order chi connectivity index (χ0) is 24.0. The van der Waals surface area contributed by atoms with Gasteiger partial charge in [-0.3, -0.25) is 9.69 Å². The number of benzene rings is 1. The third kappa shape index (κ3) is 4.35. The lowest BCUT2D eigenvalue weighted by Gasteiger charge is -2.35. The molecule has 12 heteroatoms. The number of hydrogen-bond donors (Lipinski definition) is 3. The smallest absolute Gasteiger partial charge is 0.336 e. The lowest BCUT2D eigenvalue weighted by molar-refractivity contribution is -0.142. The lowest BCUT2D eigenvalue weighted by Crippen LogP contribution is -2.46. The quantitative estimate of drug-likeness (QED) is 0.582. The summed E-state index contributed by atoms with van der Waals surface area (Å²) in [6.45, 7) is 0.291. The SMILES string of the molecule is CC1(c2ccc(F)cc2)N=C(c2nccs2)NC(CN2CC(F)(F)C[C@@H]2C(=O)O)=C1C(=O)O. The maximum absolute atomic E-state index is 14.0. The van der Waals surface area contributed by atoms with Gasteiger partial charge in [0, 0.05) is 30.2 Å². The van der Waals surface area contributed by atoms with Gasteiger partial charge in [-0.25, -0.2) is 27.9 Å². The number of halogens is 3. The Morgan fingerprint density at radius 2 is 1.97 bits per heavy atom. The van der Waals surface area contributed by atoms with Gasteiger partial charge in [-0.2, -0.15) is 0 Å². The van der Waals surface area contributed by atoms with Gasteiger partial charge in [0.25, 0.3) is 5.92 Å². The van der Waals surface area contributed by atoms with Gasteiger partial charge in [-0.05, 0) is 24.6 Å². The van der Waals surface area contributed by atoms with Crippen molar-refractivity contribution in [2.24, 2.45) is 4.99 Å². The van der Waals surface area contributed by atoms with Gasteiger partial charge >= 0.3 is 11.9 Å². The zero-order valence-electron chi connectivity index (χ0n) is 17.3. The standard InChI is InChI=1S/C21H19F3N4O4S/c1-20(11-2-4-12(22)5-3-11)15(19(31)32)13(26-16(27-20)17-25-6-7-33-17)9-28-10-21(23,24)8-14(28)18(29)30/h2-7,14H,8-10H2,1H3,(H,26,27)(H,29,30)(H,31,32)/t14-,20?/m1/s1. The molecule has 8 nitrogen and oxygen atoms in total. The van der Waals surface area contributed by atoms with E-state index in [0.29, 0.717) is 10.6 Å². The number of aliphatic carboxylic acids is 2. The van der Waals surface area contributed by atoms with E-state index in [1.165, 1.54) is 48.7 Å². The van der Waals surface area contributed by atoms with Crippen molar-refractivity contribution >= 4 is 29.1 Å². The topological polar surface area (TPSA) is 115 Å². The van der Waals surface area contributed by atoms with Crippen LogP contribution in [-0.4, -0.2) is 62.9 Å². The van der Waals surface area contributed by atoms with E-state index < -0.39 is 54.8 Å². The highest BCUT2D eigenvalue weighted by Gasteiger charge is 2.50. The van der Waals surface area contributed by atoms with E-state index in [1.807, 2.05) is 0 Å². The summed E-state index contributed by atoms with van der Waals surface area (Å²) in [6, 6.07) is 3.65. The number of nitrogens with one attached hydrogen (secondary N) is 1. The predicted molar refractivity (Wildman–Crippen MR) is 113 cm³/mol. The highest BCUT2D eigenvalue weighted by Crippen LogP contribution is 2.40. The Morgan fingerprint density at radius 3 is 2.55 bits per heavy atom. The molecule has 2 atom stereocenters. The number of carboxylic acids is 2. The Morgan fingerprint density at radius 1 is 1.27 bits per heavy atom. The second kappa shape index (κ2) is 8.27. The summed E-state index contributed by atoms with van der Waals surface area (Å²) in [5, 5.41) is 24.5. The van der Waals surface area contributed by atoms with Crippen molar-refractivity contribution in [2.45, 2.75) is 30.8 Å². The summed E-state index contributed by atoms with van der Waals surface area (Å²) in [5.41, 5.74) is -1.41. The fourth-order valence-corrected chi connectivity index (χ4v) is 4.76. The normalized spacial score (nSPS) is 25.0. The van der Waals surface area contributed by atoms with Gasteiger partial charge in [0.1, 0.15) is 17.4 Å². The van der Waals surface area contributed by atoms with E-state index in [1.54, 1.807) is 5.38 Å². The third-order valence-corrected chi connectivity index (χ3v) is 6.44. The molecule has 2 aliphatic heterocycles. The second-order valence-corrected chi connectivity index (χ2v) is 8.87. The molecule has 0 aliphatic carbocycles. The molecule has 1 aromatic carbocycles. The number of hydrogen-bond acceptors (Lipinski definition) is 7. The van der Waals surface area contributed by atoms with Crippen molar-refractivity contribution in [3.05, 3.63) is 63.5 Å². The molecule has 1 fully saturated rings. The van der Waals surface area contributed by atoms with E-state index in [0.717, 1.165) is 4.90 Å². The molecule has 1 aromatic heterocycles. The van der Waals surface area contributed by atoms with E-state index in [-0.39, 0.29) is 17.1 Å². The summed E-state index contributed by atoms with van der Waals surface area (Å²) in [7, 11) is 0. The van der Waals surface area contributed by atoms with E-state index in [9.17, 15) is 33.0 Å². The van der Waals surface area contributed by atoms with E-state index in [4.69, 9.17) is 0 Å². The zero-order valence-corrected chi connectivity index (χ0v) is 18.1. The molecule has 0 amide bonds. The van der Waals surface area contributed by atoms with Crippen LogP contribution in [0.3, 0.4) is 0 Å². The minimum absolute atomic E-state index is 0.0125. The maximum Gasteiger partial charge on any atom is 0.336 e. The Labute approximate surface area is 190 Å². The van der Waals surface area contributed by atoms with Crippen LogP contribution in [0.5, 0.6) is 0 Å². The molecule has 1 unspecified atom stereocenters. The highest BCUT2D eigenvalue weighted by molar-refractivity contribution is 7.11. The summed E-state index contributed by atoms with van der Waals surface area (Å²) < 4.78 is 41.6. The first-order valence-electron chi connectivity index (χ1n) is 9.84. The van der Waals surface area contributed by atoms with Crippen LogP contribution in [-0.2, 0) is 15.1 Å². The van der Waals surface area contributed by atoms with Crippen LogP contribution in [0, 0.1) is 5.82 Å². The number of aliphatic imine (C=N–C) groups is 1. The van der Waals surface area contributed by atoms with Crippen molar-refractivity contribution < 1.29 is 33.0 Å². The number of carboxylic acid groups (broad SMARTS) is 2. The van der Waals surface area contributed by atoms with Crippen molar-refractivity contribution in [1.29, 1.82) is 0 Å². The first kappa shape index (κ1) is 22.9. The molecule has 0 bridgehead atoms. The second-order valence-electron chi connectivity index (χ2n) is 7.98. The number of likely N-dealkylation sites (tertiary alicyclic amines) is 1. The van der Waals surface area contributed by atoms with Crippen LogP contribution in [0.2, 0.25) is 0 Å². The van der Waals surface area contributed by atoms with Gasteiger partial charge < -0.3 is 15.5 Å². The molecule has 174 valence electrons. The Kier molecular flexibility index (Phi) is 5.74. The van der Waals surface area contributed by atoms with Gasteiger partial charge in [-0.1, -0.05) is 12.1 Å². The number of alkyl halides is 2. The van der Waals surface area contributed by atoms with Crippen LogP contribution >= 0.6 is 11.3 Å². The largest absolute Gasteiger partial charge is 0.480 e. The molecular formula is C21H19F3N4O4S. The van der Waals surface area contributed by atoms with Crippen molar-refractivity contribution in [1.82, 2.24) is 15.2 Å². The molecule has 3 heterocycles. The van der Waals surface area contributed by atoms with Crippen molar-refractivity contribution in [3.63, 3.8) is 0 Å². The first-order valence-corrected chi connectivity index (χ1v) is 10.7. The molecule has 33 heavy (non-hydrogen) atoms. The number of rotatable bonds is 6. The van der Waals surface area contributed by atoms with Crippen LogP contribution in [0.25, 0.3) is 0 Å². The van der Waals surface area contributed by atoms with Crippen molar-refractivity contribution in [3.8, 4) is 0 Å². The van der Waals surface area contributed by atoms with E-state index in [2.05, 4.69) is 15.3 Å². The lowest BCUT2D eigenvalue weighted by atomic mass is 9.82. The van der Waals surface area contributed by atoms with E-state index >= 15 is 0 Å². The summed E-state index contributed by atoms with van der Waals surface area (Å²) in [6.07, 6.45) is 0.650. The molecule has 0 radical (unpaired) electrons. The minimum Gasteiger partial charge on any atom is -0.480 e. The number of aromatic nitrogens is 1. The first-order chi connectivity index (χ1) is 15.5. The molecule has 0 spiro atoms. The average molecular weight is 480 g/mol. The van der Waals surface area contributed by atoms with Crippen LogP contribution in [0.1, 0.15) is 23.9 Å². The Bertz CT molecular complexity index is 1150. The maximum atomic E-state index is 14.0. The summed E-state index contributed by atoms with van der Waals surface area (Å²) >= 11 is 1.23. The predicted octanol–water partition coefficient (Wildman–Crippen LogP) is 2.68. The van der Waals surface area contributed by atoms with Crippen molar-refractivity contribution in [2.75, 3.05) is 13.1 Å². The highest BCUT2D eigenvalue weighted by atomic mass is 32.1. The average Bonchev–Trinajstić information content (AvgIpc) is 3.35. The molecule has 4 rings (SSSR count). The minimum atomic E-state index is -3.23. The summed E-state index contributed by atoms with van der Waals surface area (Å²) in [5.74, 6) is -6.34. The molecule has 0 saturated carbocycles. The van der Waals surface area contributed by atoms with Crippen LogP contribution in [0.4, 0.5) is 13.2 Å². The molecule has 3 N–H and O–H groups in total. The number of amidine groups is 1. The van der Waals surface area contributed by atoms with Crippen LogP contribution in [0.15, 0.2) is 52.1 Å². The summed E-state index contributed by atoms with van der Waals surface area (Å²) in [4.78, 5) is 33.8. The molecule has 2 aromatic rings. The monoisotopic (exact) mass is 480 g/mol. The fourth-order valence-electron chi connectivity index (χ4n) is 4.18. The fraction of sp³-hybridized carbons (Fsp3) is 0.333. The van der Waals surface area contributed by atoms with Gasteiger partial charge in [-0.15, -0.1) is 11.3 Å². The Hall–Kier alpha value is -3.25. The number of thiazole rings is 1. The number of carbonyl (C=O) groups is 2. The van der Waals surface area contributed by atoms with Gasteiger partial charge in [0.15, 0.2) is 10.8 Å².